The fraction of sp³-hybridized carbons (Fsp3) is 0.500. The summed E-state index contributed by atoms with van der Waals surface area (Å²) in [5.74, 6) is -0.121. The number of hydrogen-bond acceptors (Lipinski definition) is 2. The SMILES string of the molecule is CCC(CBr)(CBr)NC(=O)c1ncccc1C. The highest BCUT2D eigenvalue weighted by molar-refractivity contribution is 9.09. The zero-order valence-electron chi connectivity index (χ0n) is 9.96. The van der Waals surface area contributed by atoms with E-state index in [0.717, 1.165) is 12.0 Å². The number of alkyl halides is 2. The van der Waals surface area contributed by atoms with Crippen LogP contribution in [0.15, 0.2) is 18.3 Å². The molecule has 1 amide bonds. The van der Waals surface area contributed by atoms with Crippen LogP contribution in [-0.4, -0.2) is 27.1 Å². The van der Waals surface area contributed by atoms with Crippen LogP contribution < -0.4 is 5.32 Å². The molecule has 1 N–H and O–H groups in total. The third kappa shape index (κ3) is 3.52. The highest BCUT2D eigenvalue weighted by Gasteiger charge is 2.28. The number of rotatable bonds is 5. The number of nitrogens with one attached hydrogen (secondary N) is 1. The van der Waals surface area contributed by atoms with E-state index in [1.54, 1.807) is 6.20 Å². The van der Waals surface area contributed by atoms with E-state index < -0.39 is 0 Å². The molecule has 94 valence electrons. The maximum absolute atomic E-state index is 12.1. The van der Waals surface area contributed by atoms with Crippen LogP contribution in [0, 0.1) is 6.92 Å². The number of hydrogen-bond donors (Lipinski definition) is 1. The quantitative estimate of drug-likeness (QED) is 0.817. The summed E-state index contributed by atoms with van der Waals surface area (Å²) >= 11 is 6.90. The zero-order valence-corrected chi connectivity index (χ0v) is 13.1. The molecule has 0 bridgehead atoms. The lowest BCUT2D eigenvalue weighted by Crippen LogP contribution is -2.51. The fourth-order valence-electron chi connectivity index (χ4n) is 1.40. The summed E-state index contributed by atoms with van der Waals surface area (Å²) in [7, 11) is 0. The van der Waals surface area contributed by atoms with Crippen molar-refractivity contribution in [2.45, 2.75) is 25.8 Å². The van der Waals surface area contributed by atoms with Crippen molar-refractivity contribution < 1.29 is 4.79 Å². The van der Waals surface area contributed by atoms with E-state index in [0.29, 0.717) is 16.4 Å². The van der Waals surface area contributed by atoms with Gasteiger partial charge in [0.05, 0.1) is 5.54 Å². The molecule has 1 aromatic heterocycles. The first-order chi connectivity index (χ1) is 8.08. The summed E-state index contributed by atoms with van der Waals surface area (Å²) in [6, 6.07) is 3.71. The Morgan fingerprint density at radius 2 is 2.12 bits per heavy atom. The standard InChI is InChI=1S/C12H16Br2N2O/c1-3-12(7-13,8-14)16-11(17)10-9(2)5-4-6-15-10/h4-6H,3,7-8H2,1-2H3,(H,16,17). The average Bonchev–Trinajstić information content (AvgIpc) is 2.36. The molecule has 5 heteroatoms. The molecule has 17 heavy (non-hydrogen) atoms. The Balaban J connectivity index is 2.89. The highest BCUT2D eigenvalue weighted by Crippen LogP contribution is 2.18. The molecule has 1 rings (SSSR count). The monoisotopic (exact) mass is 362 g/mol. The van der Waals surface area contributed by atoms with Gasteiger partial charge in [0, 0.05) is 16.9 Å². The van der Waals surface area contributed by atoms with Gasteiger partial charge in [-0.1, -0.05) is 44.8 Å². The van der Waals surface area contributed by atoms with Gasteiger partial charge in [-0.25, -0.2) is 0 Å². The van der Waals surface area contributed by atoms with Crippen molar-refractivity contribution in [2.75, 3.05) is 10.7 Å². The van der Waals surface area contributed by atoms with Gasteiger partial charge < -0.3 is 5.32 Å². The summed E-state index contributed by atoms with van der Waals surface area (Å²) in [4.78, 5) is 16.3. The van der Waals surface area contributed by atoms with Crippen LogP contribution >= 0.6 is 31.9 Å². The number of nitrogens with zero attached hydrogens (tertiary/aromatic N) is 1. The zero-order chi connectivity index (χ0) is 12.9. The minimum Gasteiger partial charge on any atom is -0.344 e. The minimum absolute atomic E-state index is 0.121. The van der Waals surface area contributed by atoms with E-state index in [4.69, 9.17) is 0 Å². The Hall–Kier alpha value is -0.420. The lowest BCUT2D eigenvalue weighted by atomic mass is 10.0. The first kappa shape index (κ1) is 14.6. The number of carbonyl (C=O) groups excluding carboxylic acids is 1. The second-order valence-corrected chi connectivity index (χ2v) is 5.15. The van der Waals surface area contributed by atoms with Gasteiger partial charge in [-0.2, -0.15) is 0 Å². The van der Waals surface area contributed by atoms with Crippen LogP contribution in [0.25, 0.3) is 0 Å². The summed E-state index contributed by atoms with van der Waals surface area (Å²) in [6.07, 6.45) is 2.49. The van der Waals surface area contributed by atoms with Crippen molar-refractivity contribution in [2.24, 2.45) is 0 Å². The molecule has 0 spiro atoms. The smallest absolute Gasteiger partial charge is 0.270 e. The molecule has 1 aromatic rings. The summed E-state index contributed by atoms with van der Waals surface area (Å²) in [6.45, 7) is 3.94. The Kier molecular flexibility index (Phi) is 5.59. The Labute approximate surface area is 119 Å². The van der Waals surface area contributed by atoms with Crippen molar-refractivity contribution in [1.29, 1.82) is 0 Å². The van der Waals surface area contributed by atoms with Crippen molar-refractivity contribution >= 4 is 37.8 Å². The third-order valence-electron chi connectivity index (χ3n) is 2.79. The predicted octanol–water partition coefficient (Wildman–Crippen LogP) is 3.06. The molecule has 0 aromatic carbocycles. The molecule has 0 fully saturated rings. The molecule has 3 nitrogen and oxygen atoms in total. The molecule has 0 saturated carbocycles. The van der Waals surface area contributed by atoms with E-state index in [2.05, 4.69) is 42.2 Å². The van der Waals surface area contributed by atoms with Crippen molar-refractivity contribution in [1.82, 2.24) is 10.3 Å². The molecule has 0 unspecified atom stereocenters. The van der Waals surface area contributed by atoms with Gasteiger partial charge in [-0.3, -0.25) is 9.78 Å². The maximum Gasteiger partial charge on any atom is 0.270 e. The number of amides is 1. The van der Waals surface area contributed by atoms with Gasteiger partial charge >= 0.3 is 0 Å². The van der Waals surface area contributed by atoms with Crippen LogP contribution in [0.5, 0.6) is 0 Å². The van der Waals surface area contributed by atoms with E-state index >= 15 is 0 Å². The van der Waals surface area contributed by atoms with Crippen LogP contribution in [0.1, 0.15) is 29.4 Å². The van der Waals surface area contributed by atoms with Crippen molar-refractivity contribution in [3.63, 3.8) is 0 Å². The second-order valence-electron chi connectivity index (χ2n) is 4.02. The number of halogens is 2. The number of pyridine rings is 1. The molecule has 0 aliphatic carbocycles. The van der Waals surface area contributed by atoms with E-state index in [9.17, 15) is 4.79 Å². The van der Waals surface area contributed by atoms with Crippen LogP contribution in [0.3, 0.4) is 0 Å². The van der Waals surface area contributed by atoms with Crippen molar-refractivity contribution in [3.05, 3.63) is 29.6 Å². The number of carbonyl (C=O) groups is 1. The van der Waals surface area contributed by atoms with Crippen LogP contribution in [-0.2, 0) is 0 Å². The summed E-state index contributed by atoms with van der Waals surface area (Å²) < 4.78 is 0. The van der Waals surface area contributed by atoms with Gasteiger partial charge in [0.2, 0.25) is 0 Å². The van der Waals surface area contributed by atoms with E-state index in [-0.39, 0.29) is 11.4 Å². The molecule has 0 atom stereocenters. The molecule has 0 aliphatic rings. The van der Waals surface area contributed by atoms with Crippen molar-refractivity contribution in [3.8, 4) is 0 Å². The normalized spacial score (nSPS) is 11.3. The molecular weight excluding hydrogens is 348 g/mol. The predicted molar refractivity (Wildman–Crippen MR) is 77.1 cm³/mol. The second kappa shape index (κ2) is 6.50. The van der Waals surface area contributed by atoms with Gasteiger partial charge in [0.15, 0.2) is 0 Å². The first-order valence-corrected chi connectivity index (χ1v) is 7.69. The Morgan fingerprint density at radius 1 is 1.47 bits per heavy atom. The molecule has 0 radical (unpaired) electrons. The lowest BCUT2D eigenvalue weighted by molar-refractivity contribution is 0.0909. The fourth-order valence-corrected chi connectivity index (χ4v) is 3.41. The molecule has 1 heterocycles. The van der Waals surface area contributed by atoms with Gasteiger partial charge in [0.25, 0.3) is 5.91 Å². The summed E-state index contributed by atoms with van der Waals surface area (Å²) in [5.41, 5.74) is 1.12. The third-order valence-corrected chi connectivity index (χ3v) is 4.94. The molecular formula is C12H16Br2N2O. The molecule has 0 aliphatic heterocycles. The van der Waals surface area contributed by atoms with Crippen LogP contribution in [0.4, 0.5) is 0 Å². The minimum atomic E-state index is -0.263. The lowest BCUT2D eigenvalue weighted by Gasteiger charge is -2.30. The highest BCUT2D eigenvalue weighted by atomic mass is 79.9. The number of aromatic nitrogens is 1. The van der Waals surface area contributed by atoms with E-state index in [1.807, 2.05) is 26.0 Å². The number of aryl methyl sites for hydroxylation is 1. The van der Waals surface area contributed by atoms with E-state index in [1.165, 1.54) is 0 Å². The average molecular weight is 364 g/mol. The largest absolute Gasteiger partial charge is 0.344 e. The van der Waals surface area contributed by atoms with Gasteiger partial charge in [-0.05, 0) is 25.0 Å². The van der Waals surface area contributed by atoms with Gasteiger partial charge in [0.1, 0.15) is 5.69 Å². The van der Waals surface area contributed by atoms with Crippen LogP contribution in [0.2, 0.25) is 0 Å². The topological polar surface area (TPSA) is 42.0 Å². The Morgan fingerprint density at radius 3 is 2.59 bits per heavy atom. The summed E-state index contributed by atoms with van der Waals surface area (Å²) in [5, 5.41) is 4.46. The van der Waals surface area contributed by atoms with Gasteiger partial charge in [-0.15, -0.1) is 0 Å². The maximum atomic E-state index is 12.1. The molecule has 0 saturated heterocycles. The first-order valence-electron chi connectivity index (χ1n) is 5.44. The Bertz CT molecular complexity index is 384.